The number of aromatic nitrogens is 1. The average molecular weight is 365 g/mol. The number of anilines is 1. The molecule has 0 amide bonds. The number of phenols is 1. The molecule has 0 atom stereocenters. The van der Waals surface area contributed by atoms with Crippen LogP contribution < -0.4 is 14.9 Å². The Kier molecular flexibility index (Phi) is 6.58. The molecule has 0 bridgehead atoms. The molecule has 2 rings (SSSR count). The molecule has 0 radical (unpaired) electrons. The van der Waals surface area contributed by atoms with Gasteiger partial charge in [-0.25, -0.2) is 4.98 Å². The van der Waals surface area contributed by atoms with E-state index in [0.717, 1.165) is 0 Å². The maximum absolute atomic E-state index is 11.4. The van der Waals surface area contributed by atoms with Gasteiger partial charge in [-0.15, -0.1) is 11.3 Å². The molecule has 0 aliphatic rings. The van der Waals surface area contributed by atoms with Gasteiger partial charge in [0.1, 0.15) is 0 Å². The summed E-state index contributed by atoms with van der Waals surface area (Å²) in [7, 11) is 2.91. The lowest BCUT2D eigenvalue weighted by Crippen LogP contribution is -2.07. The number of hydrogen-bond acceptors (Lipinski definition) is 9. The predicted molar refractivity (Wildman–Crippen MR) is 94.9 cm³/mol. The van der Waals surface area contributed by atoms with Crippen LogP contribution in [0.2, 0.25) is 0 Å². The average Bonchev–Trinajstić information content (AvgIpc) is 3.03. The summed E-state index contributed by atoms with van der Waals surface area (Å²) in [6.45, 7) is 2.10. The van der Waals surface area contributed by atoms with Crippen LogP contribution in [0.3, 0.4) is 0 Å². The molecule has 0 unspecified atom stereocenters. The Morgan fingerprint density at radius 3 is 2.64 bits per heavy atom. The zero-order chi connectivity index (χ0) is 18.2. The van der Waals surface area contributed by atoms with E-state index in [0.29, 0.717) is 23.0 Å². The van der Waals surface area contributed by atoms with Crippen LogP contribution in [0.25, 0.3) is 0 Å². The summed E-state index contributed by atoms with van der Waals surface area (Å²) in [5, 5.41) is 16.3. The number of esters is 1. The predicted octanol–water partition coefficient (Wildman–Crippen LogP) is 2.42. The molecule has 0 spiro atoms. The van der Waals surface area contributed by atoms with Crippen molar-refractivity contribution in [3.8, 4) is 17.2 Å². The monoisotopic (exact) mass is 365 g/mol. The number of nitrogens with one attached hydrogen (secondary N) is 1. The van der Waals surface area contributed by atoms with E-state index in [1.54, 1.807) is 24.4 Å². The zero-order valence-electron chi connectivity index (χ0n) is 14.1. The quantitative estimate of drug-likeness (QED) is 0.421. The van der Waals surface area contributed by atoms with Crippen molar-refractivity contribution in [3.05, 3.63) is 28.8 Å². The van der Waals surface area contributed by atoms with E-state index < -0.39 is 0 Å². The number of benzene rings is 1. The largest absolute Gasteiger partial charge is 0.502 e. The Morgan fingerprint density at radius 1 is 1.36 bits per heavy atom. The zero-order valence-corrected chi connectivity index (χ0v) is 14.9. The molecule has 134 valence electrons. The van der Waals surface area contributed by atoms with Crippen molar-refractivity contribution < 1.29 is 24.1 Å². The first-order chi connectivity index (χ1) is 12.1. The van der Waals surface area contributed by atoms with Gasteiger partial charge in [-0.1, -0.05) is 0 Å². The minimum Gasteiger partial charge on any atom is -0.502 e. The van der Waals surface area contributed by atoms with Crippen LogP contribution in [-0.2, 0) is 16.0 Å². The van der Waals surface area contributed by atoms with Crippen LogP contribution in [0, 0.1) is 0 Å². The Bertz CT molecular complexity index is 735. The number of hydrazone groups is 1. The minimum absolute atomic E-state index is 0.0707. The van der Waals surface area contributed by atoms with Crippen LogP contribution in [0.15, 0.2) is 22.6 Å². The van der Waals surface area contributed by atoms with Crippen molar-refractivity contribution in [2.24, 2.45) is 5.10 Å². The van der Waals surface area contributed by atoms with Crippen LogP contribution >= 0.6 is 11.3 Å². The molecule has 2 aromatic rings. The molecule has 0 saturated carbocycles. The number of hydrogen-bond donors (Lipinski definition) is 2. The second-order valence-corrected chi connectivity index (χ2v) is 5.63. The Labute approximate surface area is 149 Å². The third-order valence-corrected chi connectivity index (χ3v) is 3.85. The van der Waals surface area contributed by atoms with Gasteiger partial charge in [-0.05, 0) is 19.1 Å². The van der Waals surface area contributed by atoms with Crippen molar-refractivity contribution in [3.63, 3.8) is 0 Å². The molecule has 8 nitrogen and oxygen atoms in total. The fourth-order valence-corrected chi connectivity index (χ4v) is 2.61. The first-order valence-corrected chi connectivity index (χ1v) is 8.29. The normalized spacial score (nSPS) is 10.7. The van der Waals surface area contributed by atoms with E-state index in [9.17, 15) is 9.90 Å². The van der Waals surface area contributed by atoms with Gasteiger partial charge in [0, 0.05) is 10.9 Å². The number of carbonyl (C=O) groups is 1. The Hall–Kier alpha value is -2.81. The fourth-order valence-electron chi connectivity index (χ4n) is 1.95. The lowest BCUT2D eigenvalue weighted by molar-refractivity contribution is -0.142. The first kappa shape index (κ1) is 18.5. The van der Waals surface area contributed by atoms with Gasteiger partial charge in [0.25, 0.3) is 0 Å². The molecular formula is C16H19N3O5S. The summed E-state index contributed by atoms with van der Waals surface area (Å²) >= 11 is 1.33. The van der Waals surface area contributed by atoms with Crippen LogP contribution in [-0.4, -0.2) is 43.1 Å². The molecule has 0 aliphatic carbocycles. The van der Waals surface area contributed by atoms with E-state index >= 15 is 0 Å². The van der Waals surface area contributed by atoms with Gasteiger partial charge in [-0.2, -0.15) is 5.10 Å². The van der Waals surface area contributed by atoms with Crippen molar-refractivity contribution in [1.29, 1.82) is 0 Å². The van der Waals surface area contributed by atoms with Gasteiger partial charge in [0.15, 0.2) is 11.5 Å². The van der Waals surface area contributed by atoms with Crippen molar-refractivity contribution >= 4 is 28.7 Å². The van der Waals surface area contributed by atoms with Gasteiger partial charge >= 0.3 is 5.97 Å². The van der Waals surface area contributed by atoms with E-state index in [4.69, 9.17) is 14.2 Å². The number of phenolic OH excluding ortho intramolecular Hbond substituents is 1. The molecule has 2 N–H and O–H groups in total. The summed E-state index contributed by atoms with van der Waals surface area (Å²) < 4.78 is 15.1. The highest BCUT2D eigenvalue weighted by Crippen LogP contribution is 2.36. The number of thiazole rings is 1. The molecule has 1 heterocycles. The smallest absolute Gasteiger partial charge is 0.311 e. The molecule has 9 heteroatoms. The summed E-state index contributed by atoms with van der Waals surface area (Å²) in [5.41, 5.74) is 4.08. The highest BCUT2D eigenvalue weighted by molar-refractivity contribution is 7.13. The lowest BCUT2D eigenvalue weighted by atomic mass is 10.2. The van der Waals surface area contributed by atoms with Crippen molar-refractivity contribution in [1.82, 2.24) is 4.98 Å². The number of ether oxygens (including phenoxy) is 3. The van der Waals surface area contributed by atoms with E-state index in [2.05, 4.69) is 15.5 Å². The molecule has 0 fully saturated rings. The van der Waals surface area contributed by atoms with Gasteiger partial charge in [-0.3, -0.25) is 10.2 Å². The second-order valence-electron chi connectivity index (χ2n) is 4.77. The lowest BCUT2D eigenvalue weighted by Gasteiger charge is -2.09. The molecule has 1 aromatic carbocycles. The maximum atomic E-state index is 11.4. The first-order valence-electron chi connectivity index (χ1n) is 7.41. The molecule has 25 heavy (non-hydrogen) atoms. The van der Waals surface area contributed by atoms with Crippen LogP contribution in [0.1, 0.15) is 18.2 Å². The third kappa shape index (κ3) is 5.08. The number of aromatic hydroxyl groups is 1. The topological polar surface area (TPSA) is 102 Å². The third-order valence-electron chi connectivity index (χ3n) is 3.06. The summed E-state index contributed by atoms with van der Waals surface area (Å²) in [6.07, 6.45) is 1.67. The number of rotatable bonds is 8. The molecule has 1 aromatic heterocycles. The summed E-state index contributed by atoms with van der Waals surface area (Å²) in [6, 6.07) is 3.24. The number of methoxy groups -OCH3 is 2. The molecule has 0 saturated heterocycles. The van der Waals surface area contributed by atoms with Gasteiger partial charge < -0.3 is 19.3 Å². The Balaban J connectivity index is 2.01. The van der Waals surface area contributed by atoms with Gasteiger partial charge in [0.2, 0.25) is 10.9 Å². The van der Waals surface area contributed by atoms with E-state index in [1.807, 2.05) is 0 Å². The summed E-state index contributed by atoms with van der Waals surface area (Å²) in [5.74, 6) is 0.184. The molecule has 0 aliphatic heterocycles. The second kappa shape index (κ2) is 8.88. The SMILES string of the molecule is CCOC(=O)Cc1csc(N/N=C\c2cc(OC)c(O)c(OC)c2)n1. The fraction of sp³-hybridized carbons (Fsp3) is 0.312. The highest BCUT2D eigenvalue weighted by Gasteiger charge is 2.10. The maximum Gasteiger partial charge on any atom is 0.311 e. The van der Waals surface area contributed by atoms with Gasteiger partial charge in [0.05, 0.1) is 39.2 Å². The molecular weight excluding hydrogens is 346 g/mol. The van der Waals surface area contributed by atoms with Crippen molar-refractivity contribution in [2.75, 3.05) is 26.3 Å². The van der Waals surface area contributed by atoms with E-state index in [-0.39, 0.29) is 29.6 Å². The van der Waals surface area contributed by atoms with Crippen LogP contribution in [0.4, 0.5) is 5.13 Å². The van der Waals surface area contributed by atoms with E-state index in [1.165, 1.54) is 31.8 Å². The van der Waals surface area contributed by atoms with Crippen LogP contribution in [0.5, 0.6) is 17.2 Å². The summed E-state index contributed by atoms with van der Waals surface area (Å²) in [4.78, 5) is 15.7. The Morgan fingerprint density at radius 2 is 2.04 bits per heavy atom. The number of nitrogens with zero attached hydrogens (tertiary/aromatic N) is 2. The van der Waals surface area contributed by atoms with Crippen molar-refractivity contribution in [2.45, 2.75) is 13.3 Å². The number of carbonyl (C=O) groups excluding carboxylic acids is 1. The highest BCUT2D eigenvalue weighted by atomic mass is 32.1. The minimum atomic E-state index is -0.314. The standard InChI is InChI=1S/C16H19N3O5S/c1-4-24-14(20)7-11-9-25-16(18-11)19-17-8-10-5-12(22-2)15(21)13(6-10)23-3/h5-6,8-9,21H,4,7H2,1-3H3,(H,18,19)/b17-8-.